The number of carbonyl (C=O) groups excluding carboxylic acids is 1. The van der Waals surface area contributed by atoms with E-state index >= 15 is 0 Å². The summed E-state index contributed by atoms with van der Waals surface area (Å²) in [4.78, 5) is 16.9. The van der Waals surface area contributed by atoms with Crippen molar-refractivity contribution in [2.75, 3.05) is 5.32 Å². The number of hydrogen-bond acceptors (Lipinski definition) is 4. The molecule has 0 saturated heterocycles. The molecule has 1 aliphatic rings. The summed E-state index contributed by atoms with van der Waals surface area (Å²) in [7, 11) is 1.85. The molecule has 0 aromatic carbocycles. The smallest absolute Gasteiger partial charge is 0.274 e. The number of pyridine rings is 1. The number of anilines is 1. The normalized spacial score (nSPS) is 14.3. The predicted octanol–water partition coefficient (Wildman–Crippen LogP) is 2.73. The van der Waals surface area contributed by atoms with E-state index in [4.69, 9.17) is 0 Å². The van der Waals surface area contributed by atoms with Crippen LogP contribution in [0, 0.1) is 5.92 Å². The molecule has 3 heterocycles. The molecule has 0 aliphatic heterocycles. The molecule has 0 atom stereocenters. The third-order valence-electron chi connectivity index (χ3n) is 4.63. The molecule has 1 N–H and O–H groups in total. The van der Waals surface area contributed by atoms with Gasteiger partial charge < -0.3 is 5.32 Å². The van der Waals surface area contributed by atoms with Crippen molar-refractivity contribution >= 4 is 11.6 Å². The molecular weight excluding hydrogens is 316 g/mol. The van der Waals surface area contributed by atoms with Gasteiger partial charge in [0.2, 0.25) is 0 Å². The summed E-state index contributed by atoms with van der Waals surface area (Å²) in [6.07, 6.45) is 9.12. The first kappa shape index (κ1) is 15.6. The van der Waals surface area contributed by atoms with E-state index in [-0.39, 0.29) is 5.91 Å². The molecular formula is C18H20N6O. The third kappa shape index (κ3) is 3.31. The fourth-order valence-electron chi connectivity index (χ4n) is 2.99. The molecule has 4 rings (SSSR count). The number of amides is 1. The number of hydrogen-bond donors (Lipinski definition) is 1. The van der Waals surface area contributed by atoms with Crippen LogP contribution >= 0.6 is 0 Å². The summed E-state index contributed by atoms with van der Waals surface area (Å²) in [5.74, 6) is 0.480. The number of aromatic nitrogens is 5. The van der Waals surface area contributed by atoms with Gasteiger partial charge in [-0.1, -0.05) is 12.5 Å². The minimum absolute atomic E-state index is 0.243. The minimum atomic E-state index is -0.243. The van der Waals surface area contributed by atoms with Crippen LogP contribution in [-0.2, 0) is 13.6 Å². The molecule has 0 bridgehead atoms. The second-order valence-electron chi connectivity index (χ2n) is 6.45. The Labute approximate surface area is 145 Å². The van der Waals surface area contributed by atoms with Crippen LogP contribution in [0.2, 0.25) is 0 Å². The van der Waals surface area contributed by atoms with Crippen molar-refractivity contribution in [1.29, 1.82) is 0 Å². The SMILES string of the molecule is Cn1nccc1-c1cccc(C(=O)Nc2cnn(CC3CCC3)c2)n1. The highest BCUT2D eigenvalue weighted by atomic mass is 16.1. The van der Waals surface area contributed by atoms with E-state index in [0.717, 1.165) is 18.2 Å². The maximum absolute atomic E-state index is 12.5. The molecule has 3 aromatic heterocycles. The second-order valence-corrected chi connectivity index (χ2v) is 6.45. The Morgan fingerprint density at radius 3 is 2.88 bits per heavy atom. The van der Waals surface area contributed by atoms with Crippen molar-refractivity contribution in [2.45, 2.75) is 25.8 Å². The fraction of sp³-hybridized carbons (Fsp3) is 0.333. The molecule has 25 heavy (non-hydrogen) atoms. The molecule has 7 nitrogen and oxygen atoms in total. The molecule has 1 aliphatic carbocycles. The highest BCUT2D eigenvalue weighted by Crippen LogP contribution is 2.27. The molecule has 0 unspecified atom stereocenters. The Morgan fingerprint density at radius 1 is 1.28 bits per heavy atom. The quantitative estimate of drug-likeness (QED) is 0.777. The van der Waals surface area contributed by atoms with Gasteiger partial charge in [-0.25, -0.2) is 4.98 Å². The zero-order valence-corrected chi connectivity index (χ0v) is 14.1. The largest absolute Gasteiger partial charge is 0.318 e. The van der Waals surface area contributed by atoms with Gasteiger partial charge in [-0.05, 0) is 37.0 Å². The topological polar surface area (TPSA) is 77.6 Å². The summed E-state index contributed by atoms with van der Waals surface area (Å²) in [5.41, 5.74) is 2.64. The molecule has 3 aromatic rings. The molecule has 0 spiro atoms. The maximum Gasteiger partial charge on any atom is 0.274 e. The number of carbonyl (C=O) groups is 1. The number of rotatable bonds is 5. The summed E-state index contributed by atoms with van der Waals surface area (Å²) < 4.78 is 3.63. The van der Waals surface area contributed by atoms with Gasteiger partial charge in [0.1, 0.15) is 5.69 Å². The number of nitrogens with one attached hydrogen (secondary N) is 1. The van der Waals surface area contributed by atoms with Crippen LogP contribution in [0.25, 0.3) is 11.4 Å². The molecule has 1 saturated carbocycles. The summed E-state index contributed by atoms with van der Waals surface area (Å²) in [5, 5.41) is 11.3. The van der Waals surface area contributed by atoms with Gasteiger partial charge in [-0.3, -0.25) is 14.2 Å². The summed E-state index contributed by atoms with van der Waals surface area (Å²) >= 11 is 0. The minimum Gasteiger partial charge on any atom is -0.318 e. The van der Waals surface area contributed by atoms with Crippen LogP contribution in [0.4, 0.5) is 5.69 Å². The predicted molar refractivity (Wildman–Crippen MR) is 94.0 cm³/mol. The Hall–Kier alpha value is -2.96. The van der Waals surface area contributed by atoms with Crippen LogP contribution < -0.4 is 5.32 Å². The number of nitrogens with zero attached hydrogens (tertiary/aromatic N) is 5. The van der Waals surface area contributed by atoms with Crippen LogP contribution in [0.5, 0.6) is 0 Å². The van der Waals surface area contributed by atoms with Gasteiger partial charge in [0.15, 0.2) is 0 Å². The lowest BCUT2D eigenvalue weighted by Crippen LogP contribution is -2.18. The first-order valence-electron chi connectivity index (χ1n) is 8.48. The van der Waals surface area contributed by atoms with Gasteiger partial charge in [-0.2, -0.15) is 10.2 Å². The molecule has 7 heteroatoms. The van der Waals surface area contributed by atoms with Crippen molar-refractivity contribution < 1.29 is 4.79 Å². The van der Waals surface area contributed by atoms with Gasteiger partial charge in [0.25, 0.3) is 5.91 Å². The zero-order valence-electron chi connectivity index (χ0n) is 14.1. The van der Waals surface area contributed by atoms with E-state index < -0.39 is 0 Å². The molecule has 128 valence electrons. The molecule has 0 radical (unpaired) electrons. The maximum atomic E-state index is 12.5. The monoisotopic (exact) mass is 336 g/mol. The van der Waals surface area contributed by atoms with Crippen molar-refractivity contribution in [3.63, 3.8) is 0 Å². The van der Waals surface area contributed by atoms with Crippen LogP contribution in [-0.4, -0.2) is 30.5 Å². The third-order valence-corrected chi connectivity index (χ3v) is 4.63. The lowest BCUT2D eigenvalue weighted by atomic mass is 9.85. The highest BCUT2D eigenvalue weighted by Gasteiger charge is 2.18. The van der Waals surface area contributed by atoms with Crippen molar-refractivity contribution in [3.8, 4) is 11.4 Å². The summed E-state index contributed by atoms with van der Waals surface area (Å²) in [6, 6.07) is 7.26. The highest BCUT2D eigenvalue weighted by molar-refractivity contribution is 6.02. The van der Waals surface area contributed by atoms with E-state index in [0.29, 0.717) is 17.1 Å². The average Bonchev–Trinajstić information content (AvgIpc) is 3.20. The Bertz CT molecular complexity index is 892. The van der Waals surface area contributed by atoms with Crippen molar-refractivity contribution in [2.24, 2.45) is 13.0 Å². The lowest BCUT2D eigenvalue weighted by molar-refractivity contribution is 0.102. The second kappa shape index (κ2) is 6.51. The molecule has 1 amide bonds. The van der Waals surface area contributed by atoms with E-state index in [1.54, 1.807) is 23.1 Å². The fourth-order valence-corrected chi connectivity index (χ4v) is 2.99. The first-order chi connectivity index (χ1) is 12.2. The van der Waals surface area contributed by atoms with Crippen molar-refractivity contribution in [3.05, 3.63) is 48.5 Å². The van der Waals surface area contributed by atoms with Crippen LogP contribution in [0.15, 0.2) is 42.9 Å². The Morgan fingerprint density at radius 2 is 2.16 bits per heavy atom. The van der Waals surface area contributed by atoms with Crippen molar-refractivity contribution in [1.82, 2.24) is 24.5 Å². The lowest BCUT2D eigenvalue weighted by Gasteiger charge is -2.24. The van der Waals surface area contributed by atoms with Gasteiger partial charge in [0, 0.05) is 26.0 Å². The number of aryl methyl sites for hydroxylation is 1. The van der Waals surface area contributed by atoms with Gasteiger partial charge in [-0.15, -0.1) is 0 Å². The van der Waals surface area contributed by atoms with E-state index in [1.807, 2.05) is 36.1 Å². The van der Waals surface area contributed by atoms with Gasteiger partial charge in [0.05, 0.1) is 23.3 Å². The Balaban J connectivity index is 1.47. The molecule has 1 fully saturated rings. The van der Waals surface area contributed by atoms with E-state index in [2.05, 4.69) is 20.5 Å². The first-order valence-corrected chi connectivity index (χ1v) is 8.48. The summed E-state index contributed by atoms with van der Waals surface area (Å²) in [6.45, 7) is 0.921. The van der Waals surface area contributed by atoms with E-state index in [9.17, 15) is 4.79 Å². The van der Waals surface area contributed by atoms with Crippen LogP contribution in [0.1, 0.15) is 29.8 Å². The zero-order chi connectivity index (χ0) is 17.2. The van der Waals surface area contributed by atoms with Crippen LogP contribution in [0.3, 0.4) is 0 Å². The van der Waals surface area contributed by atoms with Gasteiger partial charge >= 0.3 is 0 Å². The standard InChI is InChI=1S/C18H20N6O/c1-23-17(8-9-19-23)15-6-3-7-16(22-15)18(25)21-14-10-20-24(12-14)11-13-4-2-5-13/h3,6-10,12-13H,2,4-5,11H2,1H3,(H,21,25). The van der Waals surface area contributed by atoms with E-state index in [1.165, 1.54) is 19.3 Å². The Kier molecular flexibility index (Phi) is 4.05. The average molecular weight is 336 g/mol.